The molecule has 18 heavy (non-hydrogen) atoms. The normalized spacial score (nSPS) is 10.3. The lowest BCUT2D eigenvalue weighted by atomic mass is 10.1. The third-order valence-electron chi connectivity index (χ3n) is 2.47. The van der Waals surface area contributed by atoms with E-state index in [0.717, 1.165) is 11.3 Å². The minimum atomic E-state index is -0.924. The van der Waals surface area contributed by atoms with Crippen LogP contribution in [0.4, 0.5) is 0 Å². The third kappa shape index (κ3) is 2.88. The maximum absolute atomic E-state index is 10.5. The molecule has 1 aromatic heterocycles. The lowest BCUT2D eigenvalue weighted by molar-refractivity contribution is -0.136. The molecule has 94 valence electrons. The van der Waals surface area contributed by atoms with Crippen molar-refractivity contribution in [1.82, 2.24) is 4.98 Å². The highest BCUT2D eigenvalue weighted by molar-refractivity contribution is 5.69. The zero-order valence-corrected chi connectivity index (χ0v) is 9.92. The van der Waals surface area contributed by atoms with Crippen LogP contribution in [0.25, 0.3) is 0 Å². The molecule has 0 aliphatic rings. The van der Waals surface area contributed by atoms with Crippen molar-refractivity contribution < 1.29 is 19.1 Å². The predicted octanol–water partition coefficient (Wildman–Crippen LogP) is 1.90. The first kappa shape index (κ1) is 12.2. The highest BCUT2D eigenvalue weighted by Gasteiger charge is 2.10. The van der Waals surface area contributed by atoms with Crippen molar-refractivity contribution in [2.24, 2.45) is 0 Å². The van der Waals surface area contributed by atoms with Crippen molar-refractivity contribution in [1.29, 1.82) is 0 Å². The molecule has 0 amide bonds. The van der Waals surface area contributed by atoms with Crippen molar-refractivity contribution in [3.63, 3.8) is 0 Å². The van der Waals surface area contributed by atoms with Gasteiger partial charge in [-0.2, -0.15) is 0 Å². The summed E-state index contributed by atoms with van der Waals surface area (Å²) in [7, 11) is 1.60. The van der Waals surface area contributed by atoms with Crippen LogP contribution in [0, 0.1) is 0 Å². The van der Waals surface area contributed by atoms with E-state index >= 15 is 0 Å². The molecule has 1 N–H and O–H groups in total. The van der Waals surface area contributed by atoms with E-state index in [4.69, 9.17) is 14.3 Å². The van der Waals surface area contributed by atoms with Gasteiger partial charge in [-0.15, -0.1) is 0 Å². The van der Waals surface area contributed by atoms with Crippen LogP contribution in [-0.4, -0.2) is 23.2 Å². The standard InChI is InChI=1S/C13H13NO4/c1-17-11-5-3-2-4-9(11)6-12-14-10(8-18-12)7-13(15)16/h2-5,8H,6-7H2,1H3,(H,15,16). The Morgan fingerprint density at radius 2 is 2.22 bits per heavy atom. The summed E-state index contributed by atoms with van der Waals surface area (Å²) in [4.78, 5) is 14.7. The average Bonchev–Trinajstić information content (AvgIpc) is 2.76. The zero-order valence-electron chi connectivity index (χ0n) is 9.92. The quantitative estimate of drug-likeness (QED) is 0.873. The number of ether oxygens (including phenoxy) is 1. The molecule has 0 spiro atoms. The Labute approximate surface area is 104 Å². The minimum Gasteiger partial charge on any atom is -0.496 e. The van der Waals surface area contributed by atoms with Gasteiger partial charge in [-0.3, -0.25) is 4.79 Å². The van der Waals surface area contributed by atoms with Crippen LogP contribution in [0.1, 0.15) is 17.1 Å². The summed E-state index contributed by atoms with van der Waals surface area (Å²) in [6, 6.07) is 7.56. The van der Waals surface area contributed by atoms with E-state index in [2.05, 4.69) is 4.98 Å². The summed E-state index contributed by atoms with van der Waals surface area (Å²) in [5.41, 5.74) is 1.37. The summed E-state index contributed by atoms with van der Waals surface area (Å²) in [6.07, 6.45) is 1.72. The Bertz CT molecular complexity index is 547. The molecule has 1 heterocycles. The van der Waals surface area contributed by atoms with Crippen molar-refractivity contribution in [3.8, 4) is 5.75 Å². The molecule has 0 unspecified atom stereocenters. The molecule has 0 bridgehead atoms. The number of hydrogen-bond acceptors (Lipinski definition) is 4. The molecule has 0 radical (unpaired) electrons. The van der Waals surface area contributed by atoms with Gasteiger partial charge in [0.05, 0.1) is 25.6 Å². The van der Waals surface area contributed by atoms with Crippen LogP contribution in [0.15, 0.2) is 34.9 Å². The predicted molar refractivity (Wildman–Crippen MR) is 63.6 cm³/mol. The van der Waals surface area contributed by atoms with E-state index in [0.29, 0.717) is 18.0 Å². The van der Waals surface area contributed by atoms with Gasteiger partial charge in [-0.25, -0.2) is 4.98 Å². The first-order valence-corrected chi connectivity index (χ1v) is 5.46. The van der Waals surface area contributed by atoms with E-state index in [1.807, 2.05) is 24.3 Å². The minimum absolute atomic E-state index is 0.130. The number of carboxylic acids is 1. The number of rotatable bonds is 5. The van der Waals surface area contributed by atoms with Crippen molar-refractivity contribution in [2.75, 3.05) is 7.11 Å². The number of nitrogens with zero attached hydrogens (tertiary/aromatic N) is 1. The summed E-state index contributed by atoms with van der Waals surface area (Å²) in [5.74, 6) is 0.318. The van der Waals surface area contributed by atoms with E-state index in [-0.39, 0.29) is 6.42 Å². The van der Waals surface area contributed by atoms with E-state index in [9.17, 15) is 4.79 Å². The van der Waals surface area contributed by atoms with Crippen LogP contribution < -0.4 is 4.74 Å². The smallest absolute Gasteiger partial charge is 0.309 e. The molecule has 0 saturated carbocycles. The molecular weight excluding hydrogens is 234 g/mol. The summed E-state index contributed by atoms with van der Waals surface area (Å²) in [5, 5.41) is 8.65. The van der Waals surface area contributed by atoms with Gasteiger partial charge in [0.25, 0.3) is 0 Å². The fourth-order valence-corrected chi connectivity index (χ4v) is 1.68. The van der Waals surface area contributed by atoms with Crippen molar-refractivity contribution in [3.05, 3.63) is 47.7 Å². The van der Waals surface area contributed by atoms with Crippen LogP contribution in [0.5, 0.6) is 5.75 Å². The molecule has 0 saturated heterocycles. The molecule has 0 atom stereocenters. The van der Waals surface area contributed by atoms with Gasteiger partial charge < -0.3 is 14.3 Å². The monoisotopic (exact) mass is 247 g/mol. The van der Waals surface area contributed by atoms with Gasteiger partial charge in [0.2, 0.25) is 0 Å². The Balaban J connectivity index is 2.13. The second-order valence-corrected chi connectivity index (χ2v) is 3.79. The Kier molecular flexibility index (Phi) is 3.62. The number of benzene rings is 1. The average molecular weight is 247 g/mol. The van der Waals surface area contributed by atoms with E-state index in [1.165, 1.54) is 6.26 Å². The highest BCUT2D eigenvalue weighted by Crippen LogP contribution is 2.20. The maximum Gasteiger partial charge on any atom is 0.309 e. The number of aliphatic carboxylic acids is 1. The summed E-state index contributed by atoms with van der Waals surface area (Å²) >= 11 is 0. The first-order chi connectivity index (χ1) is 8.69. The Hall–Kier alpha value is -2.30. The number of carboxylic acid groups (broad SMARTS) is 1. The molecule has 0 aliphatic carbocycles. The van der Waals surface area contributed by atoms with Gasteiger partial charge in [0.15, 0.2) is 5.89 Å². The summed E-state index contributed by atoms with van der Waals surface area (Å²) < 4.78 is 10.5. The summed E-state index contributed by atoms with van der Waals surface area (Å²) in [6.45, 7) is 0. The third-order valence-corrected chi connectivity index (χ3v) is 2.47. The molecular formula is C13H13NO4. The van der Waals surface area contributed by atoms with Crippen LogP contribution in [0.2, 0.25) is 0 Å². The molecule has 0 fully saturated rings. The molecule has 5 heteroatoms. The van der Waals surface area contributed by atoms with Crippen molar-refractivity contribution >= 4 is 5.97 Å². The lowest BCUT2D eigenvalue weighted by Crippen LogP contribution is -2.00. The van der Waals surface area contributed by atoms with Gasteiger partial charge >= 0.3 is 5.97 Å². The molecule has 0 aliphatic heterocycles. The highest BCUT2D eigenvalue weighted by atomic mass is 16.5. The van der Waals surface area contributed by atoms with E-state index < -0.39 is 5.97 Å². The second kappa shape index (κ2) is 5.35. The van der Waals surface area contributed by atoms with Crippen LogP contribution in [0.3, 0.4) is 0 Å². The number of oxazole rings is 1. The van der Waals surface area contributed by atoms with E-state index in [1.54, 1.807) is 7.11 Å². The zero-order chi connectivity index (χ0) is 13.0. The number of hydrogen-bond donors (Lipinski definition) is 1. The number of methoxy groups -OCH3 is 1. The number of aromatic nitrogens is 1. The topological polar surface area (TPSA) is 72.6 Å². The van der Waals surface area contributed by atoms with Gasteiger partial charge in [-0.1, -0.05) is 18.2 Å². The number of carbonyl (C=O) groups is 1. The van der Waals surface area contributed by atoms with Crippen molar-refractivity contribution in [2.45, 2.75) is 12.8 Å². The first-order valence-electron chi connectivity index (χ1n) is 5.46. The largest absolute Gasteiger partial charge is 0.496 e. The fraction of sp³-hybridized carbons (Fsp3) is 0.231. The molecule has 2 aromatic rings. The lowest BCUT2D eigenvalue weighted by Gasteiger charge is -2.05. The number of para-hydroxylation sites is 1. The second-order valence-electron chi connectivity index (χ2n) is 3.79. The molecule has 2 rings (SSSR count). The molecule has 5 nitrogen and oxygen atoms in total. The van der Waals surface area contributed by atoms with Gasteiger partial charge in [0.1, 0.15) is 12.0 Å². The van der Waals surface area contributed by atoms with Gasteiger partial charge in [0, 0.05) is 5.56 Å². The SMILES string of the molecule is COc1ccccc1Cc1nc(CC(=O)O)co1. The van der Waals surface area contributed by atoms with Gasteiger partial charge in [-0.05, 0) is 6.07 Å². The van der Waals surface area contributed by atoms with Crippen LogP contribution in [-0.2, 0) is 17.6 Å². The maximum atomic E-state index is 10.5. The Morgan fingerprint density at radius 1 is 1.44 bits per heavy atom. The Morgan fingerprint density at radius 3 is 2.94 bits per heavy atom. The van der Waals surface area contributed by atoms with Crippen LogP contribution >= 0.6 is 0 Å². The fourth-order valence-electron chi connectivity index (χ4n) is 1.68. The molecule has 1 aromatic carbocycles.